The topological polar surface area (TPSA) is 99.0 Å². The maximum absolute atomic E-state index is 11.9. The van der Waals surface area contributed by atoms with Crippen LogP contribution in [0.4, 0.5) is 17.2 Å². The molecular weight excluding hydrogens is 218 g/mol. The van der Waals surface area contributed by atoms with Crippen LogP contribution in [-0.2, 0) is 7.05 Å². The Labute approximate surface area is 98.2 Å². The Hall–Kier alpha value is -2.50. The molecule has 0 unspecified atom stereocenters. The van der Waals surface area contributed by atoms with Crippen molar-refractivity contribution in [2.24, 2.45) is 7.05 Å². The first kappa shape index (κ1) is 11.0. The predicted molar refractivity (Wildman–Crippen MR) is 66.4 cm³/mol. The number of amides is 1. The van der Waals surface area contributed by atoms with Crippen LogP contribution in [0.3, 0.4) is 0 Å². The summed E-state index contributed by atoms with van der Waals surface area (Å²) >= 11 is 0. The summed E-state index contributed by atoms with van der Waals surface area (Å²) in [5.74, 6) is 0.317. The van der Waals surface area contributed by atoms with Crippen LogP contribution in [0, 0.1) is 0 Å². The smallest absolute Gasteiger partial charge is 0.258 e. The van der Waals surface area contributed by atoms with E-state index in [1.807, 2.05) is 0 Å². The Kier molecular flexibility index (Phi) is 2.70. The first-order valence-electron chi connectivity index (χ1n) is 5.02. The van der Waals surface area contributed by atoms with Crippen molar-refractivity contribution in [2.75, 3.05) is 16.8 Å². The fraction of sp³-hybridized carbons (Fsp3) is 0.0909. The van der Waals surface area contributed by atoms with Crippen molar-refractivity contribution < 1.29 is 4.79 Å². The quantitative estimate of drug-likeness (QED) is 0.667. The largest absolute Gasteiger partial charge is 0.399 e. The number of nitrogens with one attached hydrogen (secondary N) is 1. The van der Waals surface area contributed by atoms with E-state index in [0.717, 1.165) is 0 Å². The summed E-state index contributed by atoms with van der Waals surface area (Å²) < 4.78 is 1.56. The molecule has 2 aromatic rings. The van der Waals surface area contributed by atoms with Gasteiger partial charge in [0.2, 0.25) is 0 Å². The van der Waals surface area contributed by atoms with E-state index in [9.17, 15) is 4.79 Å². The Morgan fingerprint density at radius 1 is 1.35 bits per heavy atom. The lowest BCUT2D eigenvalue weighted by atomic mass is 10.1. The summed E-state index contributed by atoms with van der Waals surface area (Å²) in [6.07, 6.45) is 1.60. The second kappa shape index (κ2) is 4.17. The van der Waals surface area contributed by atoms with Gasteiger partial charge in [0.15, 0.2) is 0 Å². The predicted octanol–water partition coefficient (Wildman–Crippen LogP) is 0.837. The van der Waals surface area contributed by atoms with E-state index in [0.29, 0.717) is 22.8 Å². The molecule has 0 radical (unpaired) electrons. The van der Waals surface area contributed by atoms with Gasteiger partial charge in [-0.2, -0.15) is 5.10 Å². The van der Waals surface area contributed by atoms with Crippen LogP contribution in [0.5, 0.6) is 0 Å². The van der Waals surface area contributed by atoms with Gasteiger partial charge in [0, 0.05) is 24.5 Å². The average Bonchev–Trinajstić information content (AvgIpc) is 2.64. The lowest BCUT2D eigenvalue weighted by Crippen LogP contribution is -2.16. The summed E-state index contributed by atoms with van der Waals surface area (Å²) in [7, 11) is 1.74. The van der Waals surface area contributed by atoms with Gasteiger partial charge in [0.1, 0.15) is 5.82 Å². The number of nitrogens with two attached hydrogens (primary N) is 2. The fourth-order valence-corrected chi connectivity index (χ4v) is 1.47. The van der Waals surface area contributed by atoms with Gasteiger partial charge >= 0.3 is 0 Å². The van der Waals surface area contributed by atoms with Crippen LogP contribution in [-0.4, -0.2) is 15.7 Å². The molecule has 1 aromatic carbocycles. The third kappa shape index (κ3) is 2.20. The van der Waals surface area contributed by atoms with E-state index in [1.54, 1.807) is 42.2 Å². The number of carbonyl (C=O) groups is 1. The molecule has 0 atom stereocenters. The SMILES string of the molecule is Cn1nccc1NC(=O)c1ccc(N)cc1N. The van der Waals surface area contributed by atoms with Crippen LogP contribution in [0.25, 0.3) is 0 Å². The van der Waals surface area contributed by atoms with Crippen molar-refractivity contribution in [3.63, 3.8) is 0 Å². The summed E-state index contributed by atoms with van der Waals surface area (Å²) in [4.78, 5) is 11.9. The second-order valence-electron chi connectivity index (χ2n) is 3.64. The monoisotopic (exact) mass is 231 g/mol. The maximum atomic E-state index is 11.9. The van der Waals surface area contributed by atoms with Gasteiger partial charge in [-0.3, -0.25) is 9.48 Å². The van der Waals surface area contributed by atoms with Crippen molar-refractivity contribution in [3.8, 4) is 0 Å². The highest BCUT2D eigenvalue weighted by molar-refractivity contribution is 6.07. The van der Waals surface area contributed by atoms with E-state index < -0.39 is 0 Å². The minimum absolute atomic E-state index is 0.286. The molecule has 88 valence electrons. The Bertz CT molecular complexity index is 561. The van der Waals surface area contributed by atoms with Crippen molar-refractivity contribution >= 4 is 23.1 Å². The number of benzene rings is 1. The molecule has 0 saturated heterocycles. The second-order valence-corrected chi connectivity index (χ2v) is 3.64. The molecule has 1 aromatic heterocycles. The number of aryl methyl sites for hydroxylation is 1. The first-order valence-corrected chi connectivity index (χ1v) is 5.02. The standard InChI is InChI=1S/C11H13N5O/c1-16-10(4-5-14-16)15-11(17)8-3-2-7(12)6-9(8)13/h2-6H,12-13H2,1H3,(H,15,17). The zero-order valence-electron chi connectivity index (χ0n) is 9.34. The molecule has 0 saturated carbocycles. The molecule has 0 fully saturated rings. The number of nitrogens with zero attached hydrogens (tertiary/aromatic N) is 2. The molecule has 0 bridgehead atoms. The molecule has 0 aliphatic carbocycles. The van der Waals surface area contributed by atoms with Gasteiger partial charge < -0.3 is 16.8 Å². The molecule has 6 heteroatoms. The van der Waals surface area contributed by atoms with E-state index in [1.165, 1.54) is 0 Å². The molecule has 0 aliphatic heterocycles. The van der Waals surface area contributed by atoms with Crippen LogP contribution in [0.1, 0.15) is 10.4 Å². The molecule has 1 amide bonds. The van der Waals surface area contributed by atoms with Crippen LogP contribution >= 0.6 is 0 Å². The van der Waals surface area contributed by atoms with Gasteiger partial charge in [-0.25, -0.2) is 0 Å². The van der Waals surface area contributed by atoms with Crippen molar-refractivity contribution in [2.45, 2.75) is 0 Å². The van der Waals surface area contributed by atoms with Gasteiger partial charge in [-0.15, -0.1) is 0 Å². The Morgan fingerprint density at radius 3 is 2.71 bits per heavy atom. The van der Waals surface area contributed by atoms with Crippen molar-refractivity contribution in [3.05, 3.63) is 36.0 Å². The minimum Gasteiger partial charge on any atom is -0.399 e. The summed E-state index contributed by atoms with van der Waals surface area (Å²) in [5.41, 5.74) is 12.6. The zero-order valence-corrected chi connectivity index (χ0v) is 9.34. The summed E-state index contributed by atoms with van der Waals surface area (Å²) in [5, 5.41) is 6.66. The van der Waals surface area contributed by atoms with Crippen LogP contribution in [0.2, 0.25) is 0 Å². The lowest BCUT2D eigenvalue weighted by molar-refractivity contribution is 0.102. The third-order valence-electron chi connectivity index (χ3n) is 2.38. The zero-order chi connectivity index (χ0) is 12.4. The number of nitrogen functional groups attached to an aromatic ring is 2. The fourth-order valence-electron chi connectivity index (χ4n) is 1.47. The molecule has 6 nitrogen and oxygen atoms in total. The number of aromatic nitrogens is 2. The number of rotatable bonds is 2. The Morgan fingerprint density at radius 2 is 2.12 bits per heavy atom. The number of carbonyl (C=O) groups excluding carboxylic acids is 1. The Balaban J connectivity index is 2.23. The lowest BCUT2D eigenvalue weighted by Gasteiger charge is -2.08. The molecule has 2 rings (SSSR count). The average molecular weight is 231 g/mol. The van der Waals surface area contributed by atoms with Gasteiger partial charge in [0.25, 0.3) is 5.91 Å². The molecule has 1 heterocycles. The molecule has 5 N–H and O–H groups in total. The number of anilines is 3. The van der Waals surface area contributed by atoms with Crippen molar-refractivity contribution in [1.29, 1.82) is 0 Å². The molecule has 0 aliphatic rings. The van der Waals surface area contributed by atoms with E-state index in [4.69, 9.17) is 11.5 Å². The normalized spacial score (nSPS) is 10.2. The van der Waals surface area contributed by atoms with Gasteiger partial charge in [-0.05, 0) is 18.2 Å². The first-order chi connectivity index (χ1) is 8.08. The number of hydrogen-bond acceptors (Lipinski definition) is 4. The highest BCUT2D eigenvalue weighted by Gasteiger charge is 2.11. The van der Waals surface area contributed by atoms with Gasteiger partial charge in [-0.1, -0.05) is 0 Å². The van der Waals surface area contributed by atoms with E-state index in [-0.39, 0.29) is 5.91 Å². The van der Waals surface area contributed by atoms with Crippen LogP contribution in [0.15, 0.2) is 30.5 Å². The maximum Gasteiger partial charge on any atom is 0.258 e. The summed E-state index contributed by atoms with van der Waals surface area (Å²) in [6, 6.07) is 6.48. The minimum atomic E-state index is -0.286. The molecule has 17 heavy (non-hydrogen) atoms. The van der Waals surface area contributed by atoms with E-state index in [2.05, 4.69) is 10.4 Å². The highest BCUT2D eigenvalue weighted by atomic mass is 16.1. The van der Waals surface area contributed by atoms with Gasteiger partial charge in [0.05, 0.1) is 11.8 Å². The van der Waals surface area contributed by atoms with E-state index >= 15 is 0 Å². The highest BCUT2D eigenvalue weighted by Crippen LogP contribution is 2.17. The van der Waals surface area contributed by atoms with Crippen LogP contribution < -0.4 is 16.8 Å². The third-order valence-corrected chi connectivity index (χ3v) is 2.38. The molecule has 0 spiro atoms. The van der Waals surface area contributed by atoms with Crippen molar-refractivity contribution in [1.82, 2.24) is 9.78 Å². The summed E-state index contributed by atoms with van der Waals surface area (Å²) in [6.45, 7) is 0. The number of hydrogen-bond donors (Lipinski definition) is 3. The molecular formula is C11H13N5O.